The van der Waals surface area contributed by atoms with Crippen molar-refractivity contribution in [1.82, 2.24) is 20.2 Å². The van der Waals surface area contributed by atoms with Crippen molar-refractivity contribution >= 4 is 27.5 Å². The van der Waals surface area contributed by atoms with Crippen LogP contribution in [0.3, 0.4) is 0 Å². The van der Waals surface area contributed by atoms with Gasteiger partial charge in [0.15, 0.2) is 5.82 Å². The van der Waals surface area contributed by atoms with Crippen LogP contribution in [0.1, 0.15) is 81.3 Å². The van der Waals surface area contributed by atoms with Crippen LogP contribution in [0.25, 0.3) is 32.8 Å². The third-order valence-electron chi connectivity index (χ3n) is 12.8. The van der Waals surface area contributed by atoms with E-state index < -0.39 is 11.6 Å². The Morgan fingerprint density at radius 1 is 0.960 bits per heavy atom. The number of hydrogen-bond donors (Lipinski definition) is 2. The third kappa shape index (κ3) is 5.29. The smallest absolute Gasteiger partial charge is 0.319 e. The molecule has 3 aromatic carbocycles. The van der Waals surface area contributed by atoms with E-state index in [-0.39, 0.29) is 34.2 Å². The van der Waals surface area contributed by atoms with Gasteiger partial charge in [-0.15, -0.1) is 6.42 Å². The van der Waals surface area contributed by atoms with Crippen molar-refractivity contribution in [2.24, 2.45) is 10.8 Å². The molecule has 3 aliphatic carbocycles. The maximum atomic E-state index is 17.5. The van der Waals surface area contributed by atoms with Crippen LogP contribution < -0.4 is 15.0 Å². The summed E-state index contributed by atoms with van der Waals surface area (Å²) in [7, 11) is 0. The van der Waals surface area contributed by atoms with E-state index in [0.717, 1.165) is 76.8 Å². The molecule has 6 fully saturated rings. The zero-order valence-corrected chi connectivity index (χ0v) is 28.4. The fraction of sp³-hybridized carbons (Fsp3) is 0.512. The van der Waals surface area contributed by atoms with Gasteiger partial charge in [-0.1, -0.05) is 12.0 Å². The molecule has 2 bridgehead atoms. The lowest BCUT2D eigenvalue weighted by atomic mass is 9.88. The molecule has 2 N–H and O–H groups in total. The van der Waals surface area contributed by atoms with Crippen LogP contribution in [0.5, 0.6) is 11.8 Å². The summed E-state index contributed by atoms with van der Waals surface area (Å²) in [5.74, 6) is 2.23. The van der Waals surface area contributed by atoms with Crippen molar-refractivity contribution in [3.63, 3.8) is 0 Å². The van der Waals surface area contributed by atoms with E-state index in [9.17, 15) is 5.11 Å². The Hall–Kier alpha value is -4.00. The van der Waals surface area contributed by atoms with Crippen LogP contribution in [0.2, 0.25) is 0 Å². The zero-order valence-electron chi connectivity index (χ0n) is 28.4. The molecule has 3 saturated carbocycles. The molecule has 4 aromatic rings. The van der Waals surface area contributed by atoms with Gasteiger partial charge >= 0.3 is 6.01 Å². The maximum absolute atomic E-state index is 17.5. The summed E-state index contributed by atoms with van der Waals surface area (Å²) in [4.78, 5) is 14.8. The van der Waals surface area contributed by atoms with Crippen LogP contribution in [0, 0.1) is 34.8 Å². The number of hydrogen-bond acceptors (Lipinski definition) is 7. The highest BCUT2D eigenvalue weighted by molar-refractivity contribution is 6.05. The van der Waals surface area contributed by atoms with Gasteiger partial charge in [0.05, 0.1) is 12.2 Å². The predicted molar refractivity (Wildman–Crippen MR) is 191 cm³/mol. The average molecular weight is 676 g/mol. The van der Waals surface area contributed by atoms with Gasteiger partial charge in [0.1, 0.15) is 22.9 Å². The fourth-order valence-electron chi connectivity index (χ4n) is 9.32. The molecule has 3 saturated heterocycles. The van der Waals surface area contributed by atoms with Crippen molar-refractivity contribution in [3.8, 4) is 35.2 Å². The normalized spacial score (nSPS) is 24.9. The molecule has 50 heavy (non-hydrogen) atoms. The molecule has 7 nitrogen and oxygen atoms in total. The number of phenolic OH excluding ortho intramolecular Hbond substituents is 1. The lowest BCUT2D eigenvalue weighted by Crippen LogP contribution is -2.51. The van der Waals surface area contributed by atoms with Crippen molar-refractivity contribution in [2.75, 3.05) is 44.2 Å². The van der Waals surface area contributed by atoms with Gasteiger partial charge in [0.25, 0.3) is 0 Å². The van der Waals surface area contributed by atoms with Gasteiger partial charge in [-0.25, -0.2) is 8.78 Å². The number of aromatic hydroxyl groups is 1. The monoisotopic (exact) mass is 675 g/mol. The van der Waals surface area contributed by atoms with E-state index in [1.807, 2.05) is 6.07 Å². The predicted octanol–water partition coefficient (Wildman–Crippen LogP) is 7.27. The summed E-state index contributed by atoms with van der Waals surface area (Å²) >= 11 is 0. The van der Waals surface area contributed by atoms with Crippen LogP contribution in [-0.2, 0) is 0 Å². The number of terminal acetylenes is 1. The van der Waals surface area contributed by atoms with Gasteiger partial charge in [0, 0.05) is 53.5 Å². The minimum atomic E-state index is -0.555. The molecule has 0 amide bonds. The first kappa shape index (κ1) is 30.8. The number of ether oxygens (including phenoxy) is 1. The highest BCUT2D eigenvalue weighted by atomic mass is 19.1. The first-order valence-corrected chi connectivity index (χ1v) is 18.6. The molecule has 258 valence electrons. The average Bonchev–Trinajstić information content (AvgIpc) is 4.03. The summed E-state index contributed by atoms with van der Waals surface area (Å²) in [5, 5.41) is 16.2. The number of piperazine rings is 1. The Balaban J connectivity index is 1.08. The Bertz CT molecular complexity index is 2080. The number of piperidine rings is 1. The van der Waals surface area contributed by atoms with Gasteiger partial charge < -0.3 is 25.0 Å². The van der Waals surface area contributed by atoms with Crippen LogP contribution >= 0.6 is 0 Å². The summed E-state index contributed by atoms with van der Waals surface area (Å²) < 4.78 is 39.2. The molecule has 3 aliphatic heterocycles. The van der Waals surface area contributed by atoms with Crippen LogP contribution in [0.4, 0.5) is 14.6 Å². The third-order valence-corrected chi connectivity index (χ3v) is 12.8. The van der Waals surface area contributed by atoms with Crippen molar-refractivity contribution in [2.45, 2.75) is 82.2 Å². The molecule has 2 unspecified atom stereocenters. The summed E-state index contributed by atoms with van der Waals surface area (Å²) in [5.41, 5.74) is 2.47. The SMILES string of the molecule is C#Cc1c(F)ccc2cc(O)cc(-c3c(C4CC4)cc4c(N5CC6CCC(C5)N6)nc(OCC5(CN6CCC7(CC6)CC7)CC5)nc4c3F)c12. The molecule has 6 aliphatic rings. The van der Waals surface area contributed by atoms with Crippen LogP contribution in [-0.4, -0.2) is 71.4 Å². The number of aromatic nitrogens is 2. The standard InChI is InChI=1S/C41H43F2N5O2/c1-2-29-33(42)8-5-25-17-28(49)18-31(34(25)29)35-30(24-3-4-24)19-32-37(36(35)43)45-39(46-38(32)48-20-26-6-7-27(21-48)44-26)50-23-41(11-12-41)22-47-15-13-40(9-10-40)14-16-47/h1,5,8,17-19,24,26-27,44,49H,3-4,6-7,9-16,20-23H2. The van der Waals surface area contributed by atoms with E-state index >= 15 is 8.78 Å². The second kappa shape index (κ2) is 11.2. The Kier molecular flexibility index (Phi) is 6.93. The zero-order chi connectivity index (χ0) is 33.8. The van der Waals surface area contributed by atoms with E-state index in [1.165, 1.54) is 37.8 Å². The molecular weight excluding hydrogens is 632 g/mol. The van der Waals surface area contributed by atoms with E-state index in [1.54, 1.807) is 12.1 Å². The highest BCUT2D eigenvalue weighted by Gasteiger charge is 2.49. The topological polar surface area (TPSA) is 73.8 Å². The van der Waals surface area contributed by atoms with Gasteiger partial charge in [0.2, 0.25) is 0 Å². The van der Waals surface area contributed by atoms with E-state index in [4.69, 9.17) is 21.1 Å². The summed E-state index contributed by atoms with van der Waals surface area (Å²) in [6.07, 6.45) is 17.5. The fourth-order valence-corrected chi connectivity index (χ4v) is 9.32. The van der Waals surface area contributed by atoms with Crippen molar-refractivity contribution < 1.29 is 18.6 Å². The second-order valence-corrected chi connectivity index (χ2v) is 16.4. The summed E-state index contributed by atoms with van der Waals surface area (Å²) in [6.45, 7) is 5.42. The van der Waals surface area contributed by atoms with E-state index in [0.29, 0.717) is 57.2 Å². The molecular formula is C41H43F2N5O2. The molecule has 2 atom stereocenters. The number of phenols is 1. The first-order chi connectivity index (χ1) is 24.3. The van der Waals surface area contributed by atoms with Crippen LogP contribution in [0.15, 0.2) is 30.3 Å². The van der Waals surface area contributed by atoms with Gasteiger partial charge in [-0.3, -0.25) is 0 Å². The van der Waals surface area contributed by atoms with Crippen molar-refractivity contribution in [1.29, 1.82) is 0 Å². The number of likely N-dealkylation sites (tertiary alicyclic amines) is 1. The molecule has 1 spiro atoms. The number of nitrogens with one attached hydrogen (secondary N) is 1. The second-order valence-electron chi connectivity index (χ2n) is 16.4. The molecule has 10 rings (SSSR count). The first-order valence-electron chi connectivity index (χ1n) is 18.6. The Labute approximate surface area is 291 Å². The highest BCUT2D eigenvalue weighted by Crippen LogP contribution is 2.55. The molecule has 9 heteroatoms. The summed E-state index contributed by atoms with van der Waals surface area (Å²) in [6, 6.07) is 8.89. The minimum absolute atomic E-state index is 0.0391. The number of fused-ring (bicyclic) bond motifs is 4. The Morgan fingerprint density at radius 3 is 2.40 bits per heavy atom. The maximum Gasteiger partial charge on any atom is 0.319 e. The largest absolute Gasteiger partial charge is 0.508 e. The van der Waals surface area contributed by atoms with Gasteiger partial charge in [-0.05, 0) is 129 Å². The number of nitrogens with zero attached hydrogens (tertiary/aromatic N) is 4. The van der Waals surface area contributed by atoms with E-state index in [2.05, 4.69) is 21.0 Å². The number of benzene rings is 3. The quantitative estimate of drug-likeness (QED) is 0.191. The number of anilines is 1. The molecule has 0 radical (unpaired) electrons. The molecule has 4 heterocycles. The minimum Gasteiger partial charge on any atom is -0.508 e. The Morgan fingerprint density at radius 2 is 1.72 bits per heavy atom. The lowest BCUT2D eigenvalue weighted by Gasteiger charge is -2.35. The number of halogens is 2. The van der Waals surface area contributed by atoms with Gasteiger partial charge in [-0.2, -0.15) is 9.97 Å². The molecule has 1 aromatic heterocycles. The van der Waals surface area contributed by atoms with Crippen molar-refractivity contribution in [3.05, 3.63) is 53.1 Å². The number of rotatable bonds is 8. The lowest BCUT2D eigenvalue weighted by molar-refractivity contribution is 0.115.